The van der Waals surface area contributed by atoms with Crippen LogP contribution in [-0.4, -0.2) is 6.54 Å². The molecule has 0 unspecified atom stereocenters. The number of nitrogens with two attached hydrogens (primary N) is 1. The molecular weight excluding hydrogens is 129 g/mol. The van der Waals surface area contributed by atoms with E-state index in [-0.39, 0.29) is 17.1 Å². The molecule has 0 atom stereocenters. The van der Waals surface area contributed by atoms with Crippen LogP contribution in [0.3, 0.4) is 0 Å². The zero-order valence-electron chi connectivity index (χ0n) is 4.78. The van der Waals surface area contributed by atoms with Gasteiger partial charge in [-0.25, -0.2) is 0 Å². The second-order valence-electron chi connectivity index (χ2n) is 1.50. The van der Waals surface area contributed by atoms with Gasteiger partial charge < -0.3 is 5.73 Å². The summed E-state index contributed by atoms with van der Waals surface area (Å²) in [6, 6.07) is 0. The molecule has 2 heteroatoms. The van der Waals surface area contributed by atoms with Gasteiger partial charge >= 0.3 is 0 Å². The number of unbranched alkanes of at least 4 members (excludes halogenated alkanes) is 2. The third-order valence-corrected chi connectivity index (χ3v) is 0.808. The van der Waals surface area contributed by atoms with Crippen molar-refractivity contribution in [1.29, 1.82) is 0 Å². The monoisotopic (exact) mass is 142 g/mol. The second-order valence-corrected chi connectivity index (χ2v) is 1.50. The molecule has 0 spiro atoms. The summed E-state index contributed by atoms with van der Waals surface area (Å²) < 4.78 is 0. The fourth-order valence-electron chi connectivity index (χ4n) is 0.394. The third-order valence-electron chi connectivity index (χ3n) is 0.808. The Hall–Kier alpha value is 0.479. The maximum absolute atomic E-state index is 5.21. The zero-order chi connectivity index (χ0) is 4.83. The minimum absolute atomic E-state index is 0. The summed E-state index contributed by atoms with van der Waals surface area (Å²) in [5.74, 6) is 0. The van der Waals surface area contributed by atoms with Crippen LogP contribution in [0.15, 0.2) is 0 Å². The van der Waals surface area contributed by atoms with Crippen molar-refractivity contribution in [3.63, 3.8) is 0 Å². The summed E-state index contributed by atoms with van der Waals surface area (Å²) in [4.78, 5) is 0. The standard InChI is InChI=1S/C5H13N.Mn/c1-2-3-4-5-6;/h2-6H2,1H3;. The van der Waals surface area contributed by atoms with E-state index in [2.05, 4.69) is 6.92 Å². The maximum Gasteiger partial charge on any atom is 0 e. The van der Waals surface area contributed by atoms with Crippen molar-refractivity contribution < 1.29 is 17.1 Å². The van der Waals surface area contributed by atoms with E-state index in [1.807, 2.05) is 0 Å². The largest absolute Gasteiger partial charge is 0.330 e. The first-order chi connectivity index (χ1) is 2.91. The molecule has 0 aromatic heterocycles. The molecule has 0 heterocycles. The van der Waals surface area contributed by atoms with Gasteiger partial charge in [-0.2, -0.15) is 0 Å². The van der Waals surface area contributed by atoms with Crippen molar-refractivity contribution in [3.8, 4) is 0 Å². The Kier molecular flexibility index (Phi) is 14.5. The molecule has 0 bridgehead atoms. The second kappa shape index (κ2) is 9.70. The predicted molar refractivity (Wildman–Crippen MR) is 28.6 cm³/mol. The summed E-state index contributed by atoms with van der Waals surface area (Å²) in [5.41, 5.74) is 5.21. The normalized spacial score (nSPS) is 7.71. The maximum atomic E-state index is 5.21. The fourth-order valence-corrected chi connectivity index (χ4v) is 0.394. The Morgan fingerprint density at radius 1 is 1.29 bits per heavy atom. The molecule has 7 heavy (non-hydrogen) atoms. The van der Waals surface area contributed by atoms with Gasteiger partial charge in [-0.1, -0.05) is 19.8 Å². The average molecular weight is 142 g/mol. The molecule has 0 aromatic carbocycles. The quantitative estimate of drug-likeness (QED) is 0.464. The molecule has 0 saturated heterocycles. The van der Waals surface area contributed by atoms with Crippen molar-refractivity contribution in [2.75, 3.05) is 6.54 Å². The minimum Gasteiger partial charge on any atom is -0.330 e. The van der Waals surface area contributed by atoms with Crippen molar-refractivity contribution >= 4 is 0 Å². The van der Waals surface area contributed by atoms with Gasteiger partial charge in [-0.15, -0.1) is 0 Å². The van der Waals surface area contributed by atoms with Crippen LogP contribution in [-0.2, 0) is 17.1 Å². The van der Waals surface area contributed by atoms with Crippen LogP contribution in [0.4, 0.5) is 0 Å². The van der Waals surface area contributed by atoms with Crippen LogP contribution < -0.4 is 5.73 Å². The van der Waals surface area contributed by atoms with E-state index >= 15 is 0 Å². The molecule has 1 nitrogen and oxygen atoms in total. The van der Waals surface area contributed by atoms with Gasteiger partial charge in [-0.3, -0.25) is 0 Å². The predicted octanol–water partition coefficient (Wildman–Crippen LogP) is 1.13. The van der Waals surface area contributed by atoms with E-state index in [0.29, 0.717) is 0 Å². The summed E-state index contributed by atoms with van der Waals surface area (Å²) in [6.07, 6.45) is 3.75. The van der Waals surface area contributed by atoms with Gasteiger partial charge in [0.1, 0.15) is 0 Å². The van der Waals surface area contributed by atoms with Crippen LogP contribution in [0.1, 0.15) is 26.2 Å². The molecule has 0 amide bonds. The molecule has 0 rings (SSSR count). The summed E-state index contributed by atoms with van der Waals surface area (Å²) >= 11 is 0. The summed E-state index contributed by atoms with van der Waals surface area (Å²) in [6.45, 7) is 3.03. The SMILES string of the molecule is CCCCCN.[Mn]. The Labute approximate surface area is 56.1 Å². The van der Waals surface area contributed by atoms with Crippen LogP contribution in [0.25, 0.3) is 0 Å². The van der Waals surface area contributed by atoms with Gasteiger partial charge in [0.15, 0.2) is 0 Å². The van der Waals surface area contributed by atoms with Crippen LogP contribution >= 0.6 is 0 Å². The Bertz CT molecular complexity index is 20.0. The van der Waals surface area contributed by atoms with Gasteiger partial charge in [0.25, 0.3) is 0 Å². The van der Waals surface area contributed by atoms with Crippen molar-refractivity contribution in [2.45, 2.75) is 26.2 Å². The molecule has 0 aliphatic rings. The molecule has 0 aliphatic carbocycles. The zero-order valence-corrected chi connectivity index (χ0v) is 5.96. The van der Waals surface area contributed by atoms with E-state index in [1.54, 1.807) is 0 Å². The number of hydrogen-bond acceptors (Lipinski definition) is 1. The average Bonchev–Trinajstić information content (AvgIpc) is 1.61. The minimum atomic E-state index is 0. The molecular formula is C5H13MnN. The van der Waals surface area contributed by atoms with Gasteiger partial charge in [-0.05, 0) is 13.0 Å². The van der Waals surface area contributed by atoms with Crippen LogP contribution in [0.2, 0.25) is 0 Å². The van der Waals surface area contributed by atoms with Crippen molar-refractivity contribution in [3.05, 3.63) is 0 Å². The molecule has 0 fully saturated rings. The topological polar surface area (TPSA) is 26.0 Å². The first-order valence-electron chi connectivity index (χ1n) is 2.62. The molecule has 0 aromatic rings. The Morgan fingerprint density at radius 3 is 2.00 bits per heavy atom. The number of hydrogen-bond donors (Lipinski definition) is 1. The molecule has 0 aliphatic heterocycles. The van der Waals surface area contributed by atoms with Crippen LogP contribution in [0, 0.1) is 0 Å². The van der Waals surface area contributed by atoms with E-state index in [9.17, 15) is 0 Å². The molecule has 2 N–H and O–H groups in total. The van der Waals surface area contributed by atoms with Crippen molar-refractivity contribution in [1.82, 2.24) is 0 Å². The van der Waals surface area contributed by atoms with Gasteiger partial charge in [0.2, 0.25) is 0 Å². The van der Waals surface area contributed by atoms with E-state index in [4.69, 9.17) is 5.73 Å². The van der Waals surface area contributed by atoms with Crippen molar-refractivity contribution in [2.24, 2.45) is 5.73 Å². The smallest absolute Gasteiger partial charge is 0 e. The Balaban J connectivity index is 0. The van der Waals surface area contributed by atoms with E-state index in [0.717, 1.165) is 6.54 Å². The van der Waals surface area contributed by atoms with E-state index in [1.165, 1.54) is 19.3 Å². The van der Waals surface area contributed by atoms with Crippen LogP contribution in [0.5, 0.6) is 0 Å². The first kappa shape index (κ1) is 10.5. The van der Waals surface area contributed by atoms with Gasteiger partial charge in [0, 0.05) is 17.1 Å². The Morgan fingerprint density at radius 2 is 1.86 bits per heavy atom. The molecule has 0 saturated carbocycles. The third kappa shape index (κ3) is 10.7. The summed E-state index contributed by atoms with van der Waals surface area (Å²) in [5, 5.41) is 0. The molecule has 1 radical (unpaired) electrons. The molecule has 45 valence electrons. The number of rotatable bonds is 3. The first-order valence-corrected chi connectivity index (χ1v) is 2.62. The van der Waals surface area contributed by atoms with E-state index < -0.39 is 0 Å². The summed E-state index contributed by atoms with van der Waals surface area (Å²) in [7, 11) is 0. The fraction of sp³-hybridized carbons (Fsp3) is 1.00. The van der Waals surface area contributed by atoms with Gasteiger partial charge in [0.05, 0.1) is 0 Å².